The van der Waals surface area contributed by atoms with E-state index in [9.17, 15) is 4.39 Å². The van der Waals surface area contributed by atoms with Crippen LogP contribution in [0, 0.1) is 17.7 Å². The van der Waals surface area contributed by atoms with Crippen LogP contribution >= 0.6 is 11.6 Å². The normalized spacial score (nSPS) is 10.0. The molecule has 2 rings (SSSR count). The SMILES string of the molecule is CCn1cc(COc2ccc(F)cc2C#CCCCl)cn1. The molecular formula is C16H16ClFN2O. The van der Waals surface area contributed by atoms with Gasteiger partial charge in [-0.25, -0.2) is 4.39 Å². The van der Waals surface area contributed by atoms with E-state index in [1.54, 1.807) is 12.3 Å². The number of aromatic nitrogens is 2. The van der Waals surface area contributed by atoms with Crippen LogP contribution in [0.5, 0.6) is 5.75 Å². The minimum atomic E-state index is -0.337. The molecule has 0 aliphatic rings. The molecule has 0 saturated carbocycles. The quantitative estimate of drug-likeness (QED) is 0.623. The molecule has 5 heteroatoms. The lowest BCUT2D eigenvalue weighted by Gasteiger charge is -2.07. The summed E-state index contributed by atoms with van der Waals surface area (Å²) in [6, 6.07) is 4.31. The number of alkyl halides is 1. The lowest BCUT2D eigenvalue weighted by atomic mass is 10.2. The lowest BCUT2D eigenvalue weighted by Crippen LogP contribution is -1.97. The zero-order chi connectivity index (χ0) is 15.1. The van der Waals surface area contributed by atoms with Crippen LogP contribution in [0.1, 0.15) is 24.5 Å². The summed E-state index contributed by atoms with van der Waals surface area (Å²) < 4.78 is 20.8. The van der Waals surface area contributed by atoms with Gasteiger partial charge in [0.15, 0.2) is 0 Å². The lowest BCUT2D eigenvalue weighted by molar-refractivity contribution is 0.304. The van der Waals surface area contributed by atoms with Gasteiger partial charge >= 0.3 is 0 Å². The summed E-state index contributed by atoms with van der Waals surface area (Å²) in [5.74, 6) is 6.45. The molecule has 2 aromatic rings. The molecule has 0 aliphatic heterocycles. The van der Waals surface area contributed by atoms with Crippen molar-refractivity contribution in [1.29, 1.82) is 0 Å². The topological polar surface area (TPSA) is 27.1 Å². The summed E-state index contributed by atoms with van der Waals surface area (Å²) in [7, 11) is 0. The third-order valence-electron chi connectivity index (χ3n) is 2.79. The highest BCUT2D eigenvalue weighted by Crippen LogP contribution is 2.20. The number of rotatable bonds is 5. The number of aryl methyl sites for hydroxylation is 1. The Morgan fingerprint density at radius 3 is 3.00 bits per heavy atom. The highest BCUT2D eigenvalue weighted by molar-refractivity contribution is 6.18. The Bertz CT molecular complexity index is 658. The molecule has 21 heavy (non-hydrogen) atoms. The smallest absolute Gasteiger partial charge is 0.135 e. The van der Waals surface area contributed by atoms with E-state index >= 15 is 0 Å². The third kappa shape index (κ3) is 4.51. The van der Waals surface area contributed by atoms with Crippen molar-refractivity contribution in [1.82, 2.24) is 9.78 Å². The Morgan fingerprint density at radius 1 is 1.43 bits per heavy atom. The van der Waals surface area contributed by atoms with Crippen LogP contribution in [0.15, 0.2) is 30.6 Å². The van der Waals surface area contributed by atoms with Crippen LogP contribution in [0.3, 0.4) is 0 Å². The molecule has 1 aromatic carbocycles. The fourth-order valence-corrected chi connectivity index (χ4v) is 1.84. The van der Waals surface area contributed by atoms with E-state index in [1.165, 1.54) is 12.1 Å². The predicted molar refractivity (Wildman–Crippen MR) is 80.8 cm³/mol. The van der Waals surface area contributed by atoms with E-state index in [0.29, 0.717) is 30.2 Å². The van der Waals surface area contributed by atoms with Gasteiger partial charge in [-0.2, -0.15) is 5.10 Å². The molecule has 0 unspecified atom stereocenters. The van der Waals surface area contributed by atoms with Crippen LogP contribution in [0.2, 0.25) is 0 Å². The first-order chi connectivity index (χ1) is 10.2. The maximum atomic E-state index is 13.3. The van der Waals surface area contributed by atoms with Crippen molar-refractivity contribution < 1.29 is 9.13 Å². The van der Waals surface area contributed by atoms with Gasteiger partial charge in [-0.15, -0.1) is 11.6 Å². The van der Waals surface area contributed by atoms with Crippen molar-refractivity contribution in [3.8, 4) is 17.6 Å². The van der Waals surface area contributed by atoms with Gasteiger partial charge in [-0.05, 0) is 25.1 Å². The molecule has 1 aromatic heterocycles. The minimum Gasteiger partial charge on any atom is -0.487 e. The van der Waals surface area contributed by atoms with Crippen LogP contribution < -0.4 is 4.74 Å². The summed E-state index contributed by atoms with van der Waals surface area (Å²) >= 11 is 5.58. The average molecular weight is 307 g/mol. The van der Waals surface area contributed by atoms with Gasteiger partial charge in [0, 0.05) is 30.6 Å². The van der Waals surface area contributed by atoms with E-state index in [1.807, 2.05) is 17.8 Å². The molecule has 3 nitrogen and oxygen atoms in total. The Labute approximate surface area is 128 Å². The fraction of sp³-hybridized carbons (Fsp3) is 0.312. The molecule has 1 heterocycles. The molecule has 0 amide bonds. The van der Waals surface area contributed by atoms with E-state index < -0.39 is 0 Å². The van der Waals surface area contributed by atoms with Crippen molar-refractivity contribution in [3.63, 3.8) is 0 Å². The fourth-order valence-electron chi connectivity index (χ4n) is 1.75. The number of hydrogen-bond acceptors (Lipinski definition) is 2. The number of ether oxygens (including phenoxy) is 1. The van der Waals surface area contributed by atoms with Crippen LogP contribution in [0.25, 0.3) is 0 Å². The van der Waals surface area contributed by atoms with E-state index in [2.05, 4.69) is 16.9 Å². The van der Waals surface area contributed by atoms with Crippen molar-refractivity contribution >= 4 is 11.6 Å². The van der Waals surface area contributed by atoms with Gasteiger partial charge in [0.05, 0.1) is 11.8 Å². The van der Waals surface area contributed by atoms with Crippen molar-refractivity contribution in [3.05, 3.63) is 47.5 Å². The van der Waals surface area contributed by atoms with Gasteiger partial charge in [0.2, 0.25) is 0 Å². The van der Waals surface area contributed by atoms with Crippen LogP contribution in [0.4, 0.5) is 4.39 Å². The zero-order valence-corrected chi connectivity index (χ0v) is 12.5. The monoisotopic (exact) mass is 306 g/mol. The Morgan fingerprint density at radius 2 is 2.29 bits per heavy atom. The Hall–Kier alpha value is -1.99. The average Bonchev–Trinajstić information content (AvgIpc) is 2.95. The third-order valence-corrected chi connectivity index (χ3v) is 2.98. The minimum absolute atomic E-state index is 0.337. The molecule has 0 saturated heterocycles. The van der Waals surface area contributed by atoms with Gasteiger partial charge in [0.1, 0.15) is 18.2 Å². The van der Waals surface area contributed by atoms with Gasteiger partial charge in [-0.1, -0.05) is 11.8 Å². The molecule has 0 bridgehead atoms. The number of nitrogens with zero attached hydrogens (tertiary/aromatic N) is 2. The molecule has 110 valence electrons. The second kappa shape index (κ2) is 7.70. The van der Waals surface area contributed by atoms with Gasteiger partial charge in [0.25, 0.3) is 0 Å². The molecule has 0 radical (unpaired) electrons. The maximum Gasteiger partial charge on any atom is 0.135 e. The van der Waals surface area contributed by atoms with Crippen molar-refractivity contribution in [2.24, 2.45) is 0 Å². The summed E-state index contributed by atoms with van der Waals surface area (Å²) in [5.41, 5.74) is 1.49. The first kappa shape index (κ1) is 15.4. The summed E-state index contributed by atoms with van der Waals surface area (Å²) in [5, 5.41) is 4.18. The molecule has 0 aliphatic carbocycles. The summed E-state index contributed by atoms with van der Waals surface area (Å²) in [6.45, 7) is 3.20. The predicted octanol–water partition coefficient (Wildman–Crippen LogP) is 3.60. The van der Waals surface area contributed by atoms with E-state index in [-0.39, 0.29) is 5.82 Å². The van der Waals surface area contributed by atoms with Gasteiger partial charge in [-0.3, -0.25) is 4.68 Å². The summed E-state index contributed by atoms with van der Waals surface area (Å²) in [4.78, 5) is 0. The standard InChI is InChI=1S/C16H16ClFN2O/c1-2-20-11-13(10-19-20)12-21-16-7-6-15(18)9-14(16)5-3-4-8-17/h6-7,9-11H,2,4,8,12H2,1H3. The first-order valence-corrected chi connectivity index (χ1v) is 7.25. The summed E-state index contributed by atoms with van der Waals surface area (Å²) in [6.07, 6.45) is 4.23. The van der Waals surface area contributed by atoms with Crippen LogP contribution in [-0.2, 0) is 13.2 Å². The Balaban J connectivity index is 2.10. The highest BCUT2D eigenvalue weighted by Gasteiger charge is 2.05. The number of benzene rings is 1. The molecule has 0 N–H and O–H groups in total. The number of halogens is 2. The number of hydrogen-bond donors (Lipinski definition) is 0. The zero-order valence-electron chi connectivity index (χ0n) is 11.8. The second-order valence-corrected chi connectivity index (χ2v) is 4.75. The largest absolute Gasteiger partial charge is 0.487 e. The second-order valence-electron chi connectivity index (χ2n) is 4.37. The van der Waals surface area contributed by atoms with E-state index in [0.717, 1.165) is 12.1 Å². The molecular weight excluding hydrogens is 291 g/mol. The van der Waals surface area contributed by atoms with Crippen molar-refractivity contribution in [2.75, 3.05) is 5.88 Å². The van der Waals surface area contributed by atoms with Gasteiger partial charge < -0.3 is 4.74 Å². The maximum absolute atomic E-state index is 13.3. The van der Waals surface area contributed by atoms with E-state index in [4.69, 9.17) is 16.3 Å². The molecule has 0 atom stereocenters. The van der Waals surface area contributed by atoms with Crippen molar-refractivity contribution in [2.45, 2.75) is 26.5 Å². The molecule has 0 spiro atoms. The first-order valence-electron chi connectivity index (χ1n) is 6.71. The molecule has 0 fully saturated rings. The van der Waals surface area contributed by atoms with Crippen LogP contribution in [-0.4, -0.2) is 15.7 Å². The Kier molecular flexibility index (Phi) is 5.65. The highest BCUT2D eigenvalue weighted by atomic mass is 35.5.